The quantitative estimate of drug-likeness (QED) is 0.182. The van der Waals surface area contributed by atoms with Crippen LogP contribution in [-0.4, -0.2) is 24.4 Å². The topological polar surface area (TPSA) is 20.3 Å². The highest BCUT2D eigenvalue weighted by Gasteiger charge is 2.24. The SMILES string of the molecule is C=CC(=O)N(C)CCCC1CCC(c2ccc(-c3ccc(C4CCC(CCCCC)CC4)cc3CC)cc2)CC1. The molecule has 2 aliphatic carbocycles. The Morgan fingerprint density at radius 3 is 1.95 bits per heavy atom. The molecule has 40 heavy (non-hydrogen) atoms. The van der Waals surface area contributed by atoms with Gasteiger partial charge in [0.15, 0.2) is 0 Å². The van der Waals surface area contributed by atoms with Gasteiger partial charge in [-0.15, -0.1) is 0 Å². The number of rotatable bonds is 13. The molecule has 0 bridgehead atoms. The summed E-state index contributed by atoms with van der Waals surface area (Å²) in [7, 11) is 1.88. The number of carbonyl (C=O) groups is 1. The third-order valence-electron chi connectivity index (χ3n) is 10.2. The molecule has 2 fully saturated rings. The molecule has 1 amide bonds. The highest BCUT2D eigenvalue weighted by molar-refractivity contribution is 5.86. The van der Waals surface area contributed by atoms with Crippen LogP contribution in [0.3, 0.4) is 0 Å². The van der Waals surface area contributed by atoms with Gasteiger partial charge in [-0.3, -0.25) is 4.79 Å². The van der Waals surface area contributed by atoms with Crippen molar-refractivity contribution in [1.29, 1.82) is 0 Å². The molecule has 2 nitrogen and oxygen atoms in total. The van der Waals surface area contributed by atoms with Gasteiger partial charge in [0.2, 0.25) is 5.91 Å². The van der Waals surface area contributed by atoms with E-state index in [-0.39, 0.29) is 5.91 Å². The predicted octanol–water partition coefficient (Wildman–Crippen LogP) is 10.5. The largest absolute Gasteiger partial charge is 0.342 e. The zero-order chi connectivity index (χ0) is 28.3. The van der Waals surface area contributed by atoms with E-state index in [0.29, 0.717) is 5.92 Å². The molecule has 2 saturated carbocycles. The number of nitrogens with zero attached hydrogens (tertiary/aromatic N) is 1. The normalized spacial score (nSPS) is 23.1. The molecule has 0 aliphatic heterocycles. The molecule has 218 valence electrons. The van der Waals surface area contributed by atoms with E-state index in [1.54, 1.807) is 10.5 Å². The van der Waals surface area contributed by atoms with Crippen LogP contribution in [0.5, 0.6) is 0 Å². The zero-order valence-electron chi connectivity index (χ0n) is 25.8. The Balaban J connectivity index is 1.28. The van der Waals surface area contributed by atoms with Crippen molar-refractivity contribution < 1.29 is 4.79 Å². The third-order valence-corrected chi connectivity index (χ3v) is 10.2. The van der Waals surface area contributed by atoms with Crippen LogP contribution in [0.2, 0.25) is 0 Å². The fraction of sp³-hybridized carbons (Fsp3) is 0.605. The second-order valence-electron chi connectivity index (χ2n) is 12.9. The van der Waals surface area contributed by atoms with Crippen LogP contribution in [0.15, 0.2) is 55.1 Å². The lowest BCUT2D eigenvalue weighted by molar-refractivity contribution is -0.124. The molecule has 2 aromatic rings. The van der Waals surface area contributed by atoms with Crippen LogP contribution in [0.4, 0.5) is 0 Å². The van der Waals surface area contributed by atoms with Crippen molar-refractivity contribution in [1.82, 2.24) is 4.90 Å². The summed E-state index contributed by atoms with van der Waals surface area (Å²) < 4.78 is 0. The summed E-state index contributed by atoms with van der Waals surface area (Å²) in [6, 6.07) is 17.0. The van der Waals surface area contributed by atoms with E-state index in [1.807, 2.05) is 7.05 Å². The Morgan fingerprint density at radius 1 is 0.800 bits per heavy atom. The summed E-state index contributed by atoms with van der Waals surface area (Å²) in [5.74, 6) is 3.27. The summed E-state index contributed by atoms with van der Waals surface area (Å²) in [4.78, 5) is 13.5. The van der Waals surface area contributed by atoms with E-state index < -0.39 is 0 Å². The van der Waals surface area contributed by atoms with E-state index in [4.69, 9.17) is 0 Å². The van der Waals surface area contributed by atoms with Gasteiger partial charge in [-0.05, 0) is 128 Å². The second kappa shape index (κ2) is 15.6. The van der Waals surface area contributed by atoms with Gasteiger partial charge in [-0.1, -0.05) is 88.6 Å². The summed E-state index contributed by atoms with van der Waals surface area (Å²) in [6.07, 6.45) is 21.3. The monoisotopic (exact) mass is 541 g/mol. The van der Waals surface area contributed by atoms with Crippen LogP contribution in [0.1, 0.15) is 132 Å². The fourth-order valence-electron chi connectivity index (χ4n) is 7.51. The van der Waals surface area contributed by atoms with E-state index in [0.717, 1.165) is 37.1 Å². The summed E-state index contributed by atoms with van der Waals surface area (Å²) in [6.45, 7) is 9.06. The average Bonchev–Trinajstić information content (AvgIpc) is 3.01. The molecule has 0 atom stereocenters. The summed E-state index contributed by atoms with van der Waals surface area (Å²) >= 11 is 0. The van der Waals surface area contributed by atoms with Gasteiger partial charge in [0, 0.05) is 13.6 Å². The van der Waals surface area contributed by atoms with Crippen molar-refractivity contribution in [3.05, 3.63) is 71.8 Å². The van der Waals surface area contributed by atoms with E-state index >= 15 is 0 Å². The highest BCUT2D eigenvalue weighted by atomic mass is 16.2. The van der Waals surface area contributed by atoms with E-state index in [1.165, 1.54) is 112 Å². The van der Waals surface area contributed by atoms with Crippen molar-refractivity contribution in [2.45, 2.75) is 122 Å². The van der Waals surface area contributed by atoms with Crippen LogP contribution < -0.4 is 0 Å². The number of carbonyl (C=O) groups excluding carboxylic acids is 1. The maximum absolute atomic E-state index is 11.7. The van der Waals surface area contributed by atoms with Crippen molar-refractivity contribution in [2.75, 3.05) is 13.6 Å². The van der Waals surface area contributed by atoms with Gasteiger partial charge in [-0.25, -0.2) is 0 Å². The lowest BCUT2D eigenvalue weighted by Crippen LogP contribution is -2.26. The summed E-state index contributed by atoms with van der Waals surface area (Å²) in [5, 5.41) is 0. The van der Waals surface area contributed by atoms with Gasteiger partial charge >= 0.3 is 0 Å². The van der Waals surface area contributed by atoms with Gasteiger partial charge in [-0.2, -0.15) is 0 Å². The Labute approximate surface area is 245 Å². The van der Waals surface area contributed by atoms with Crippen LogP contribution in [0.25, 0.3) is 11.1 Å². The molecule has 0 spiro atoms. The molecule has 0 unspecified atom stereocenters. The van der Waals surface area contributed by atoms with Gasteiger partial charge < -0.3 is 4.90 Å². The molecule has 2 aromatic carbocycles. The molecule has 2 heteroatoms. The first-order chi connectivity index (χ1) is 19.5. The van der Waals surface area contributed by atoms with Gasteiger partial charge in [0.1, 0.15) is 0 Å². The number of likely N-dealkylation sites (N-methyl/N-ethyl adjacent to an activating group) is 1. The molecule has 0 N–H and O–H groups in total. The Hall–Kier alpha value is -2.35. The standard InChI is InChI=1S/C38H55NO/c1-5-8-9-11-29-15-19-34(20-16-29)36-25-26-37(31(6-2)28-36)35-23-21-33(22-24-35)32-17-13-30(14-18-32)12-10-27-39(4)38(40)7-3/h7,21-26,28-30,32,34H,3,5-6,8-20,27H2,1-2,4H3. The minimum Gasteiger partial charge on any atom is -0.342 e. The van der Waals surface area contributed by atoms with Crippen molar-refractivity contribution in [2.24, 2.45) is 11.8 Å². The van der Waals surface area contributed by atoms with Gasteiger partial charge in [0.05, 0.1) is 0 Å². The molecule has 0 aromatic heterocycles. The number of aryl methyl sites for hydroxylation is 1. The third kappa shape index (κ3) is 8.34. The number of unbranched alkanes of at least 4 members (excludes halogenated alkanes) is 2. The molecular formula is C38H55NO. The molecule has 0 saturated heterocycles. The minimum absolute atomic E-state index is 0.0320. The molecule has 2 aliphatic rings. The molecular weight excluding hydrogens is 486 g/mol. The fourth-order valence-corrected chi connectivity index (χ4v) is 7.51. The van der Waals surface area contributed by atoms with E-state index in [9.17, 15) is 4.79 Å². The lowest BCUT2D eigenvalue weighted by Gasteiger charge is -2.30. The van der Waals surface area contributed by atoms with E-state index in [2.05, 4.69) is 62.9 Å². The smallest absolute Gasteiger partial charge is 0.245 e. The Kier molecular flexibility index (Phi) is 11.9. The minimum atomic E-state index is 0.0320. The second-order valence-corrected chi connectivity index (χ2v) is 12.9. The number of hydrogen-bond acceptors (Lipinski definition) is 1. The Morgan fingerprint density at radius 2 is 1.38 bits per heavy atom. The van der Waals surface area contributed by atoms with Crippen LogP contribution >= 0.6 is 0 Å². The maximum Gasteiger partial charge on any atom is 0.245 e. The number of hydrogen-bond donors (Lipinski definition) is 0. The maximum atomic E-state index is 11.7. The molecule has 0 heterocycles. The first-order valence-electron chi connectivity index (χ1n) is 16.6. The molecule has 0 radical (unpaired) electrons. The van der Waals surface area contributed by atoms with Crippen molar-refractivity contribution >= 4 is 5.91 Å². The number of benzene rings is 2. The highest BCUT2D eigenvalue weighted by Crippen LogP contribution is 2.40. The first-order valence-corrected chi connectivity index (χ1v) is 16.6. The lowest BCUT2D eigenvalue weighted by atomic mass is 9.76. The first kappa shape index (κ1) is 30.6. The number of amides is 1. The van der Waals surface area contributed by atoms with Crippen LogP contribution in [-0.2, 0) is 11.2 Å². The molecule has 4 rings (SSSR count). The summed E-state index contributed by atoms with van der Waals surface area (Å²) in [5.41, 5.74) is 7.41. The zero-order valence-corrected chi connectivity index (χ0v) is 25.8. The predicted molar refractivity (Wildman–Crippen MR) is 172 cm³/mol. The van der Waals surface area contributed by atoms with Crippen LogP contribution in [0, 0.1) is 11.8 Å². The average molecular weight is 542 g/mol. The Bertz CT molecular complexity index is 1050. The van der Waals surface area contributed by atoms with Crippen molar-refractivity contribution in [3.63, 3.8) is 0 Å². The van der Waals surface area contributed by atoms with Gasteiger partial charge in [0.25, 0.3) is 0 Å². The van der Waals surface area contributed by atoms with Crippen molar-refractivity contribution in [3.8, 4) is 11.1 Å².